The number of benzene rings is 1. The van der Waals surface area contributed by atoms with E-state index in [1.807, 2.05) is 11.8 Å². The van der Waals surface area contributed by atoms with Gasteiger partial charge < -0.3 is 5.32 Å². The molecule has 0 amide bonds. The number of nitrogens with zero attached hydrogens (tertiary/aromatic N) is 1. The third kappa shape index (κ3) is 1.40. The first-order valence-corrected chi connectivity index (χ1v) is 6.25. The Morgan fingerprint density at radius 3 is 3.00 bits per heavy atom. The van der Waals surface area contributed by atoms with Gasteiger partial charge in [0.05, 0.1) is 11.5 Å². The van der Waals surface area contributed by atoms with Gasteiger partial charge >= 0.3 is 0 Å². The Morgan fingerprint density at radius 1 is 1.40 bits per heavy atom. The molecule has 0 radical (unpaired) electrons. The second kappa shape index (κ2) is 3.18. The number of anilines is 1. The Bertz CT molecular complexity index is 443. The Labute approximate surface area is 93.7 Å². The van der Waals surface area contributed by atoms with Crippen LogP contribution >= 0.6 is 11.8 Å². The summed E-state index contributed by atoms with van der Waals surface area (Å²) in [4.78, 5) is 1.31. The maximum Gasteiger partial charge on any atom is 0.0824 e. The van der Waals surface area contributed by atoms with E-state index in [1.54, 1.807) is 0 Å². The molecule has 0 spiro atoms. The molecule has 1 aromatic carbocycles. The lowest BCUT2D eigenvalue weighted by Gasteiger charge is -2.19. The molecule has 0 bridgehead atoms. The molecular formula is C12H12N2S. The third-order valence-corrected chi connectivity index (χ3v) is 4.23. The number of nitrogens with one attached hydrogen (secondary N) is 1. The fourth-order valence-corrected chi connectivity index (χ4v) is 2.95. The molecule has 1 aromatic rings. The van der Waals surface area contributed by atoms with Crippen molar-refractivity contribution in [2.75, 3.05) is 17.6 Å². The van der Waals surface area contributed by atoms with Crippen molar-refractivity contribution in [2.24, 2.45) is 0 Å². The number of fused-ring (bicyclic) bond motifs is 1. The van der Waals surface area contributed by atoms with E-state index in [0.29, 0.717) is 0 Å². The number of hydrogen-bond donors (Lipinski definition) is 1. The van der Waals surface area contributed by atoms with Gasteiger partial charge in [-0.1, -0.05) is 6.07 Å². The monoisotopic (exact) mass is 216 g/mol. The zero-order valence-corrected chi connectivity index (χ0v) is 9.23. The number of thioether (sulfide) groups is 1. The summed E-state index contributed by atoms with van der Waals surface area (Å²) < 4.78 is 0. The van der Waals surface area contributed by atoms with Gasteiger partial charge in [0.2, 0.25) is 0 Å². The second-order valence-electron chi connectivity index (χ2n) is 4.18. The normalized spacial score (nSPS) is 21.0. The van der Waals surface area contributed by atoms with E-state index in [2.05, 4.69) is 29.6 Å². The van der Waals surface area contributed by atoms with Crippen LogP contribution in [0.4, 0.5) is 5.69 Å². The molecule has 1 heterocycles. The molecule has 0 saturated heterocycles. The number of rotatable bonds is 1. The quantitative estimate of drug-likeness (QED) is 0.784. The van der Waals surface area contributed by atoms with Crippen LogP contribution in [0.3, 0.4) is 0 Å². The van der Waals surface area contributed by atoms with E-state index in [4.69, 9.17) is 5.26 Å². The summed E-state index contributed by atoms with van der Waals surface area (Å²) in [6.07, 6.45) is 2.06. The van der Waals surface area contributed by atoms with E-state index >= 15 is 0 Å². The van der Waals surface area contributed by atoms with E-state index in [9.17, 15) is 0 Å². The highest BCUT2D eigenvalue weighted by molar-refractivity contribution is 7.99. The topological polar surface area (TPSA) is 35.8 Å². The first-order chi connectivity index (χ1) is 7.34. The van der Waals surface area contributed by atoms with E-state index < -0.39 is 0 Å². The molecule has 0 unspecified atom stereocenters. The van der Waals surface area contributed by atoms with Crippen molar-refractivity contribution in [3.63, 3.8) is 0 Å². The lowest BCUT2D eigenvalue weighted by atomic mass is 9.97. The smallest absolute Gasteiger partial charge is 0.0824 e. The predicted molar refractivity (Wildman–Crippen MR) is 62.2 cm³/mol. The molecule has 0 atom stereocenters. The number of nitriles is 1. The van der Waals surface area contributed by atoms with Gasteiger partial charge in [-0.25, -0.2) is 0 Å². The molecule has 2 nitrogen and oxygen atoms in total. The minimum Gasteiger partial charge on any atom is -0.383 e. The van der Waals surface area contributed by atoms with Crippen molar-refractivity contribution in [1.29, 1.82) is 5.26 Å². The van der Waals surface area contributed by atoms with Crippen LogP contribution < -0.4 is 5.32 Å². The minimum absolute atomic E-state index is 0.146. The summed E-state index contributed by atoms with van der Waals surface area (Å²) in [5, 5.41) is 12.5. The molecule has 3 rings (SSSR count). The molecule has 3 heteroatoms. The van der Waals surface area contributed by atoms with Crippen molar-refractivity contribution in [2.45, 2.75) is 23.2 Å². The molecule has 0 aromatic heterocycles. The lowest BCUT2D eigenvalue weighted by Crippen LogP contribution is -2.11. The van der Waals surface area contributed by atoms with Crippen LogP contribution in [0, 0.1) is 11.3 Å². The largest absolute Gasteiger partial charge is 0.383 e. The molecule has 76 valence electrons. The summed E-state index contributed by atoms with van der Waals surface area (Å²) in [6.45, 7) is 1.04. The van der Waals surface area contributed by atoms with Gasteiger partial charge in [0.25, 0.3) is 0 Å². The average Bonchev–Trinajstić information content (AvgIpc) is 3.09. The van der Waals surface area contributed by atoms with Gasteiger partial charge in [-0.3, -0.25) is 0 Å². The Kier molecular flexibility index (Phi) is 1.93. The Hall–Kier alpha value is -1.14. The first-order valence-electron chi connectivity index (χ1n) is 5.27. The van der Waals surface area contributed by atoms with Crippen LogP contribution in [0.1, 0.15) is 18.4 Å². The van der Waals surface area contributed by atoms with Gasteiger partial charge in [0.1, 0.15) is 0 Å². The maximum absolute atomic E-state index is 9.14. The summed E-state index contributed by atoms with van der Waals surface area (Å²) in [6, 6.07) is 8.87. The van der Waals surface area contributed by atoms with Crippen LogP contribution in [-0.4, -0.2) is 12.3 Å². The Balaban J connectivity index is 2.02. The fraction of sp³-hybridized carbons (Fsp3) is 0.417. The van der Waals surface area contributed by atoms with Crippen LogP contribution in [-0.2, 0) is 5.41 Å². The SMILES string of the molecule is N#CC1(c2ccc3c(c2)SCCN3)CC1. The Morgan fingerprint density at radius 2 is 2.27 bits per heavy atom. The second-order valence-corrected chi connectivity index (χ2v) is 5.32. The fourth-order valence-electron chi connectivity index (χ4n) is 2.02. The van der Waals surface area contributed by atoms with E-state index in [0.717, 1.165) is 25.1 Å². The average molecular weight is 216 g/mol. The molecule has 15 heavy (non-hydrogen) atoms. The zero-order valence-electron chi connectivity index (χ0n) is 8.42. The van der Waals surface area contributed by atoms with Gasteiger partial charge in [0, 0.05) is 22.9 Å². The minimum atomic E-state index is -0.146. The third-order valence-electron chi connectivity index (χ3n) is 3.17. The summed E-state index contributed by atoms with van der Waals surface area (Å²) >= 11 is 1.89. The van der Waals surface area contributed by atoms with E-state index in [1.165, 1.54) is 16.1 Å². The van der Waals surface area contributed by atoms with Crippen LogP contribution in [0.15, 0.2) is 23.1 Å². The zero-order chi connectivity index (χ0) is 10.3. The van der Waals surface area contributed by atoms with Crippen LogP contribution in [0.5, 0.6) is 0 Å². The highest BCUT2D eigenvalue weighted by atomic mass is 32.2. The standard InChI is InChI=1S/C12H12N2S/c13-8-12(3-4-12)9-1-2-10-11(7-9)15-6-5-14-10/h1-2,7,14H,3-6H2. The van der Waals surface area contributed by atoms with Gasteiger partial charge in [0.15, 0.2) is 0 Å². The molecule has 1 aliphatic heterocycles. The van der Waals surface area contributed by atoms with Crippen LogP contribution in [0.2, 0.25) is 0 Å². The van der Waals surface area contributed by atoms with Crippen molar-refractivity contribution in [3.8, 4) is 6.07 Å². The van der Waals surface area contributed by atoms with Crippen LogP contribution in [0.25, 0.3) is 0 Å². The van der Waals surface area contributed by atoms with Gasteiger partial charge in [-0.05, 0) is 30.5 Å². The summed E-state index contributed by atoms with van der Waals surface area (Å²) in [7, 11) is 0. The van der Waals surface area contributed by atoms with Crippen molar-refractivity contribution >= 4 is 17.4 Å². The maximum atomic E-state index is 9.14. The molecule has 1 fully saturated rings. The highest BCUT2D eigenvalue weighted by Crippen LogP contribution is 2.49. The van der Waals surface area contributed by atoms with Crippen molar-refractivity contribution in [3.05, 3.63) is 23.8 Å². The molecule has 1 aliphatic carbocycles. The number of hydrogen-bond acceptors (Lipinski definition) is 3. The summed E-state index contributed by atoms with van der Waals surface area (Å²) in [5.41, 5.74) is 2.29. The molecule has 1 N–H and O–H groups in total. The molecular weight excluding hydrogens is 204 g/mol. The predicted octanol–water partition coefficient (Wildman–Crippen LogP) is 2.76. The first kappa shape index (κ1) is 9.11. The summed E-state index contributed by atoms with van der Waals surface area (Å²) in [5.74, 6) is 1.12. The molecule has 1 saturated carbocycles. The van der Waals surface area contributed by atoms with Crippen molar-refractivity contribution in [1.82, 2.24) is 0 Å². The van der Waals surface area contributed by atoms with Gasteiger partial charge in [-0.15, -0.1) is 11.8 Å². The highest BCUT2D eigenvalue weighted by Gasteiger charge is 2.45. The lowest BCUT2D eigenvalue weighted by molar-refractivity contribution is 0.901. The van der Waals surface area contributed by atoms with Crippen molar-refractivity contribution < 1.29 is 0 Å². The molecule has 2 aliphatic rings. The van der Waals surface area contributed by atoms with E-state index in [-0.39, 0.29) is 5.41 Å². The van der Waals surface area contributed by atoms with Gasteiger partial charge in [-0.2, -0.15) is 5.26 Å².